The van der Waals surface area contributed by atoms with Gasteiger partial charge in [0.05, 0.1) is 0 Å². The molecule has 54 heavy (non-hydrogen) atoms. The Labute approximate surface area is 344 Å². The van der Waals surface area contributed by atoms with E-state index in [2.05, 4.69) is 27.9 Å². The van der Waals surface area contributed by atoms with Crippen LogP contribution in [-0.2, 0) is 332 Å². The predicted octanol–water partition coefficient (Wildman–Crippen LogP) is -4.63. The van der Waals surface area contributed by atoms with E-state index in [1.54, 1.807) is 0 Å². The van der Waals surface area contributed by atoms with Gasteiger partial charge in [-0.2, -0.15) is 0 Å². The topological polar surface area (TPSA) is 598 Å². The molecule has 0 heterocycles. The Balaban J connectivity index is 0. The van der Waals surface area contributed by atoms with Crippen LogP contribution >= 0.6 is 7.82 Å². The summed E-state index contributed by atoms with van der Waals surface area (Å²) < 4.78 is 347. The first-order chi connectivity index (χ1) is 22.5. The van der Waals surface area contributed by atoms with Crippen molar-refractivity contribution in [2.75, 3.05) is 0 Å². The van der Waals surface area contributed by atoms with Crippen LogP contribution in [0.1, 0.15) is 0 Å². The van der Waals surface area contributed by atoms with E-state index in [0.717, 1.165) is 0 Å². The molecule has 40 nitrogen and oxygen atoms in total. The summed E-state index contributed by atoms with van der Waals surface area (Å²) in [5.74, 6) is 0. The molecule has 0 spiro atoms. The molecule has 0 bridgehead atoms. The van der Waals surface area contributed by atoms with Crippen molar-refractivity contribution in [3.63, 3.8) is 0 Å². The van der Waals surface area contributed by atoms with E-state index in [1.807, 2.05) is 0 Å². The van der Waals surface area contributed by atoms with Gasteiger partial charge in [-0.1, -0.05) is 0 Å². The minimum atomic E-state index is -8.79. The van der Waals surface area contributed by atoms with Crippen LogP contribution in [0.4, 0.5) is 0 Å². The Morgan fingerprint density at radius 1 is 0.259 bits per heavy atom. The van der Waals surface area contributed by atoms with Gasteiger partial charge in [0.25, 0.3) is 0 Å². The van der Waals surface area contributed by atoms with Crippen LogP contribution in [0.5, 0.6) is 0 Å². The molecule has 0 fully saturated rings. The third-order valence-corrected chi connectivity index (χ3v) is 62.5. The van der Waals surface area contributed by atoms with Crippen LogP contribution < -0.4 is 0 Å². The fraction of sp³-hybridized carbons (Fsp3) is 0. The molecule has 0 atom stereocenters. The van der Waals surface area contributed by atoms with Crippen molar-refractivity contribution in [1.82, 2.24) is 0 Å². The van der Waals surface area contributed by atoms with Crippen LogP contribution in [0, 0.1) is 0 Å². The van der Waals surface area contributed by atoms with Crippen molar-refractivity contribution in [3.05, 3.63) is 0 Å². The summed E-state index contributed by atoms with van der Waals surface area (Å²) in [7, 11) is -7.91. The van der Waals surface area contributed by atoms with Crippen LogP contribution in [0.2, 0.25) is 0 Å². The molecular weight excluding hydrogens is 1880 g/mol. The zero-order valence-electron chi connectivity index (χ0n) is 22.1. The van der Waals surface area contributed by atoms with Crippen molar-refractivity contribution in [1.29, 1.82) is 0 Å². The minimum Gasteiger partial charge on any atom is 0 e. The van der Waals surface area contributed by atoms with E-state index in [4.69, 9.17) is 11.3 Å². The van der Waals surface area contributed by atoms with Crippen LogP contribution in [0.25, 0.3) is 0 Å². The van der Waals surface area contributed by atoms with Crippen molar-refractivity contribution in [3.8, 4) is 0 Å². The summed E-state index contributed by atoms with van der Waals surface area (Å²) in [5.41, 5.74) is 0. The SMILES string of the molecule is O=P([O][Mo](=[O])(=[O])[O][Mo](=[O])(=[O])[O][Mo](=[O])(=[O])[O][Mo](=[O])(=[O])[OH])([O][Mo](=[O])(=[O])[O][Mo](=[O])(=[O])[O][Mo](=[O])(=[O])[O][Mo](=[O])(=[O])[OH])[O][Mo](=[O])(=[O])[O][Mo](=[O])(=[O])[O][Mo](=[O])(=[O])[O][Mo](=[O])(=[O])[OH].[Fe]. The van der Waals surface area contributed by atoms with Crippen molar-refractivity contribution >= 4 is 7.82 Å². The second-order valence-corrected chi connectivity index (χ2v) is 56.1. The van der Waals surface area contributed by atoms with E-state index in [-0.39, 0.29) is 17.1 Å². The molecule has 0 aliphatic rings. The molecule has 0 saturated carbocycles. The van der Waals surface area contributed by atoms with Gasteiger partial charge in [-0.25, -0.2) is 0 Å². The quantitative estimate of drug-likeness (QED) is 0.0604. The summed E-state index contributed by atoms with van der Waals surface area (Å²) in [4.78, 5) is 0. The van der Waals surface area contributed by atoms with Crippen LogP contribution in [-0.4, -0.2) is 11.3 Å². The molecule has 0 unspecified atom stereocenters. The van der Waals surface area contributed by atoms with Gasteiger partial charge in [-0.05, 0) is 0 Å². The second-order valence-electron chi connectivity index (χ2n) is 6.24. The van der Waals surface area contributed by atoms with E-state index in [1.165, 1.54) is 0 Å². The molecule has 0 aliphatic heterocycles. The Hall–Kier alpha value is 3.61. The molecule has 0 rings (SSSR count). The molecule has 0 radical (unpaired) electrons. The minimum absolute atomic E-state index is 0. The average Bonchev–Trinajstić information content (AvgIpc) is 2.58. The van der Waals surface area contributed by atoms with Gasteiger partial charge in [0.15, 0.2) is 0 Å². The molecule has 3 N–H and O–H groups in total. The summed E-state index contributed by atoms with van der Waals surface area (Å²) in [6.07, 6.45) is 0. The summed E-state index contributed by atoms with van der Waals surface area (Å²) in [6, 6.07) is 0. The van der Waals surface area contributed by atoms with E-state index in [0.29, 0.717) is 0 Å². The van der Waals surface area contributed by atoms with E-state index < -0.39 is 209 Å². The zero-order valence-corrected chi connectivity index (χ0v) is 48.2. The predicted molar refractivity (Wildman–Crippen MR) is 43.8 cm³/mol. The normalized spacial score (nSPS) is 15.3. The molecule has 0 aromatic rings. The molecule has 0 saturated heterocycles. The van der Waals surface area contributed by atoms with Gasteiger partial charge in [-0.15, -0.1) is 0 Å². The Morgan fingerprint density at radius 3 is 0.537 bits per heavy atom. The van der Waals surface area contributed by atoms with E-state index in [9.17, 15) is 86.1 Å². The fourth-order valence-corrected chi connectivity index (χ4v) is 60.4. The van der Waals surface area contributed by atoms with Crippen molar-refractivity contribution < 1.29 is 343 Å². The number of hydrogen-bond donors (Lipinski definition) is 3. The second kappa shape index (κ2) is 20.0. The fourth-order valence-electron chi connectivity index (χ4n) is 1.41. The standard InChI is InChI=1S/Fe.12Mo.H3O4P.3H2O.33O/c;;;;;;;;;;;;;1-5(2,3)4;;;;;;;;;;;;;;;;;;;;;;;;;;;;;;;;;;;;/h;;;;;;;;;;;;;(H3,1,2,3,4);3*1H2;;;;;;;;;;;;;;;;;;;;;;;;;;;;;;;;;/q;;;;;;;6*+1;;;;;;;;;;;;;;;;;;;;;;;;;;;;;;;;;;;;;/p-6. The number of hydrogen-bond acceptors (Lipinski definition) is 37. The Kier molecular flexibility index (Phi) is 22.1. The summed E-state index contributed by atoms with van der Waals surface area (Å²) in [5, 5.41) is 0. The first-order valence-corrected chi connectivity index (χ1v) is 49.8. The average molecular weight is 1880 g/mol. The summed E-state index contributed by atoms with van der Waals surface area (Å²) >= 11 is -97.4. The molecule has 0 amide bonds. The van der Waals surface area contributed by atoms with Crippen LogP contribution in [0.15, 0.2) is 0 Å². The smallest absolute Gasteiger partial charge is 0 e. The van der Waals surface area contributed by atoms with Gasteiger partial charge >= 0.3 is 334 Å². The van der Waals surface area contributed by atoms with Gasteiger partial charge < -0.3 is 0 Å². The van der Waals surface area contributed by atoms with Gasteiger partial charge in [-0.3, -0.25) is 0 Å². The first-order valence-electron chi connectivity index (χ1n) is 8.78. The first kappa shape index (κ1) is 59.7. The molecule has 0 aromatic heterocycles. The van der Waals surface area contributed by atoms with Crippen molar-refractivity contribution in [2.45, 2.75) is 0 Å². The maximum absolute atomic E-state index is 12.8. The number of rotatable bonds is 24. The van der Waals surface area contributed by atoms with Crippen molar-refractivity contribution in [2.24, 2.45) is 0 Å². The largest absolute Gasteiger partial charge is 0 e. The monoisotopic (exact) mass is 1900 g/mol. The molecule has 328 valence electrons. The third kappa shape index (κ3) is 29.0. The zero-order chi connectivity index (χ0) is 43.0. The Bertz CT molecular complexity index is 2510. The number of phosphoric acid groups is 1. The maximum Gasteiger partial charge on any atom is 0 e. The van der Waals surface area contributed by atoms with Gasteiger partial charge in [0, 0.05) is 17.1 Å². The molecule has 0 aromatic carbocycles. The van der Waals surface area contributed by atoms with Crippen LogP contribution in [0.3, 0.4) is 0 Å². The van der Waals surface area contributed by atoms with E-state index >= 15 is 0 Å². The molecule has 54 heteroatoms. The van der Waals surface area contributed by atoms with Gasteiger partial charge in [0.2, 0.25) is 0 Å². The van der Waals surface area contributed by atoms with Gasteiger partial charge in [0.1, 0.15) is 0 Å². The third-order valence-electron chi connectivity index (χ3n) is 2.06. The summed E-state index contributed by atoms with van der Waals surface area (Å²) in [6.45, 7) is 0. The molecule has 0 aliphatic carbocycles. The Morgan fingerprint density at radius 2 is 0.389 bits per heavy atom. The molecular formula is H3FeMo12O40P. The maximum atomic E-state index is 12.8.